The highest BCUT2D eigenvalue weighted by Gasteiger charge is 1.98. The predicted octanol–water partition coefficient (Wildman–Crippen LogP) is 7.25. The van der Waals surface area contributed by atoms with Crippen molar-refractivity contribution < 1.29 is 4.74 Å². The molecule has 0 amide bonds. The third-order valence-corrected chi connectivity index (χ3v) is 4.82. The third kappa shape index (κ3) is 7.53. The van der Waals surface area contributed by atoms with Gasteiger partial charge in [-0.1, -0.05) is 96.9 Å². The van der Waals surface area contributed by atoms with Crippen molar-refractivity contribution in [2.45, 2.75) is 51.4 Å². The second-order valence-corrected chi connectivity index (χ2v) is 7.05. The van der Waals surface area contributed by atoms with Crippen LogP contribution >= 0.6 is 15.9 Å². The van der Waals surface area contributed by atoms with E-state index in [2.05, 4.69) is 64.5 Å². The first-order valence-electron chi connectivity index (χ1n) is 9.24. The molecule has 2 aromatic rings. The van der Waals surface area contributed by atoms with Crippen molar-refractivity contribution in [3.05, 3.63) is 54.6 Å². The van der Waals surface area contributed by atoms with Gasteiger partial charge in [-0.2, -0.15) is 0 Å². The molecule has 0 saturated heterocycles. The van der Waals surface area contributed by atoms with E-state index in [1.807, 2.05) is 6.07 Å². The number of halogens is 1. The summed E-state index contributed by atoms with van der Waals surface area (Å²) < 4.78 is 5.85. The van der Waals surface area contributed by atoms with Crippen LogP contribution < -0.4 is 4.74 Å². The lowest BCUT2D eigenvalue weighted by atomic mass is 10.1. The molecule has 0 N–H and O–H groups in total. The predicted molar refractivity (Wildman–Crippen MR) is 108 cm³/mol. The zero-order chi connectivity index (χ0) is 16.9. The van der Waals surface area contributed by atoms with Gasteiger partial charge >= 0.3 is 0 Å². The molecule has 0 aliphatic rings. The van der Waals surface area contributed by atoms with Gasteiger partial charge in [-0.05, 0) is 36.1 Å². The van der Waals surface area contributed by atoms with E-state index in [1.54, 1.807) is 0 Å². The topological polar surface area (TPSA) is 9.23 Å². The van der Waals surface area contributed by atoms with E-state index in [-0.39, 0.29) is 0 Å². The molecule has 0 atom stereocenters. The van der Waals surface area contributed by atoms with Crippen molar-refractivity contribution in [3.63, 3.8) is 0 Å². The Morgan fingerprint density at radius 3 is 1.75 bits per heavy atom. The van der Waals surface area contributed by atoms with Crippen LogP contribution in [0.3, 0.4) is 0 Å². The smallest absolute Gasteiger partial charge is 0.119 e. The van der Waals surface area contributed by atoms with Crippen LogP contribution in [0.15, 0.2) is 54.6 Å². The van der Waals surface area contributed by atoms with E-state index < -0.39 is 0 Å². The molecular weight excluding hydrogens is 360 g/mol. The Kier molecular flexibility index (Phi) is 9.63. The number of hydrogen-bond donors (Lipinski definition) is 0. The Morgan fingerprint density at radius 2 is 1.12 bits per heavy atom. The second kappa shape index (κ2) is 12.1. The van der Waals surface area contributed by atoms with E-state index in [0.29, 0.717) is 0 Å². The van der Waals surface area contributed by atoms with Crippen LogP contribution in [0.5, 0.6) is 5.75 Å². The number of alkyl halides is 1. The van der Waals surface area contributed by atoms with Crippen LogP contribution in [-0.4, -0.2) is 11.9 Å². The standard InChI is InChI=1S/C22H29BrO/c23-18-10-5-3-1-2-4-6-11-19-24-22-16-14-21(15-17-22)20-12-8-7-9-13-20/h7-9,12-17H,1-6,10-11,18-19H2. The fourth-order valence-corrected chi connectivity index (χ4v) is 3.22. The van der Waals surface area contributed by atoms with Crippen LogP contribution in [0.1, 0.15) is 51.4 Å². The molecule has 2 rings (SSSR count). The minimum Gasteiger partial charge on any atom is -0.494 e. The van der Waals surface area contributed by atoms with Crippen molar-refractivity contribution >= 4 is 15.9 Å². The fraction of sp³-hybridized carbons (Fsp3) is 0.455. The molecule has 24 heavy (non-hydrogen) atoms. The number of unbranched alkanes of at least 4 members (excludes halogenated alkanes) is 7. The average Bonchev–Trinajstić information content (AvgIpc) is 2.64. The number of hydrogen-bond acceptors (Lipinski definition) is 1. The van der Waals surface area contributed by atoms with E-state index in [4.69, 9.17) is 4.74 Å². The molecule has 0 aliphatic carbocycles. The van der Waals surface area contributed by atoms with Crippen molar-refractivity contribution in [2.75, 3.05) is 11.9 Å². The summed E-state index contributed by atoms with van der Waals surface area (Å²) in [5, 5.41) is 1.15. The molecule has 130 valence electrons. The Bertz CT molecular complexity index is 536. The summed E-state index contributed by atoms with van der Waals surface area (Å²) in [5.74, 6) is 0.976. The summed E-state index contributed by atoms with van der Waals surface area (Å²) in [4.78, 5) is 0. The maximum absolute atomic E-state index is 5.85. The lowest BCUT2D eigenvalue weighted by Gasteiger charge is -2.07. The molecule has 1 nitrogen and oxygen atoms in total. The van der Waals surface area contributed by atoms with Gasteiger partial charge in [0.15, 0.2) is 0 Å². The minimum absolute atomic E-state index is 0.828. The van der Waals surface area contributed by atoms with E-state index in [1.165, 1.54) is 56.1 Å². The van der Waals surface area contributed by atoms with Crippen LogP contribution in [-0.2, 0) is 0 Å². The number of rotatable bonds is 12. The van der Waals surface area contributed by atoms with E-state index in [9.17, 15) is 0 Å². The number of benzene rings is 2. The fourth-order valence-electron chi connectivity index (χ4n) is 2.82. The summed E-state index contributed by atoms with van der Waals surface area (Å²) in [6.07, 6.45) is 10.6. The maximum atomic E-state index is 5.85. The summed E-state index contributed by atoms with van der Waals surface area (Å²) in [5.41, 5.74) is 2.49. The Balaban J connectivity index is 1.55. The molecule has 0 aromatic heterocycles. The SMILES string of the molecule is BrCCCCCCCCCCOc1ccc(-c2ccccc2)cc1. The van der Waals surface area contributed by atoms with E-state index in [0.717, 1.165) is 24.1 Å². The van der Waals surface area contributed by atoms with Crippen LogP contribution in [0.2, 0.25) is 0 Å². The Morgan fingerprint density at radius 1 is 0.583 bits per heavy atom. The van der Waals surface area contributed by atoms with Crippen LogP contribution in [0.4, 0.5) is 0 Å². The minimum atomic E-state index is 0.828. The molecule has 0 bridgehead atoms. The number of ether oxygens (including phenoxy) is 1. The summed E-state index contributed by atoms with van der Waals surface area (Å²) in [7, 11) is 0. The summed E-state index contributed by atoms with van der Waals surface area (Å²) in [6.45, 7) is 0.828. The highest BCUT2D eigenvalue weighted by molar-refractivity contribution is 9.09. The molecule has 0 fully saturated rings. The first kappa shape index (κ1) is 19.1. The molecule has 0 unspecified atom stereocenters. The molecule has 0 spiro atoms. The van der Waals surface area contributed by atoms with Gasteiger partial charge in [-0.15, -0.1) is 0 Å². The molecule has 2 heteroatoms. The second-order valence-electron chi connectivity index (χ2n) is 6.26. The van der Waals surface area contributed by atoms with Crippen molar-refractivity contribution in [1.29, 1.82) is 0 Å². The van der Waals surface area contributed by atoms with Crippen LogP contribution in [0.25, 0.3) is 11.1 Å². The highest BCUT2D eigenvalue weighted by Crippen LogP contribution is 2.22. The van der Waals surface area contributed by atoms with Gasteiger partial charge in [-0.3, -0.25) is 0 Å². The zero-order valence-corrected chi connectivity index (χ0v) is 16.1. The third-order valence-electron chi connectivity index (χ3n) is 4.26. The van der Waals surface area contributed by atoms with Crippen molar-refractivity contribution in [1.82, 2.24) is 0 Å². The van der Waals surface area contributed by atoms with Gasteiger partial charge in [0.1, 0.15) is 5.75 Å². The molecule has 0 aliphatic heterocycles. The van der Waals surface area contributed by atoms with Gasteiger partial charge in [-0.25, -0.2) is 0 Å². The molecule has 0 radical (unpaired) electrons. The summed E-state index contributed by atoms with van der Waals surface area (Å²) >= 11 is 3.48. The van der Waals surface area contributed by atoms with E-state index >= 15 is 0 Å². The summed E-state index contributed by atoms with van der Waals surface area (Å²) in [6, 6.07) is 18.9. The highest BCUT2D eigenvalue weighted by atomic mass is 79.9. The first-order valence-corrected chi connectivity index (χ1v) is 10.4. The van der Waals surface area contributed by atoms with Gasteiger partial charge in [0.05, 0.1) is 6.61 Å². The maximum Gasteiger partial charge on any atom is 0.119 e. The quantitative estimate of drug-likeness (QED) is 0.274. The van der Waals surface area contributed by atoms with Gasteiger partial charge in [0, 0.05) is 5.33 Å². The molecule has 2 aromatic carbocycles. The zero-order valence-electron chi connectivity index (χ0n) is 14.6. The lowest BCUT2D eigenvalue weighted by Crippen LogP contribution is -1.97. The molecule has 0 saturated carbocycles. The monoisotopic (exact) mass is 388 g/mol. The van der Waals surface area contributed by atoms with Gasteiger partial charge in [0.2, 0.25) is 0 Å². The lowest BCUT2D eigenvalue weighted by molar-refractivity contribution is 0.304. The van der Waals surface area contributed by atoms with Crippen LogP contribution in [0, 0.1) is 0 Å². The molecular formula is C22H29BrO. The largest absolute Gasteiger partial charge is 0.494 e. The van der Waals surface area contributed by atoms with Crippen molar-refractivity contribution in [2.24, 2.45) is 0 Å². The molecule has 0 heterocycles. The normalized spacial score (nSPS) is 10.7. The van der Waals surface area contributed by atoms with Crippen molar-refractivity contribution in [3.8, 4) is 16.9 Å². The average molecular weight is 389 g/mol. The Labute approximate surface area is 155 Å². The Hall–Kier alpha value is -1.28. The van der Waals surface area contributed by atoms with Gasteiger partial charge in [0.25, 0.3) is 0 Å². The van der Waals surface area contributed by atoms with Gasteiger partial charge < -0.3 is 4.74 Å². The first-order chi connectivity index (χ1) is 11.9.